The highest BCUT2D eigenvalue weighted by Gasteiger charge is 2.19. The Bertz CT molecular complexity index is 372. The molecule has 0 bridgehead atoms. The molecule has 16 heavy (non-hydrogen) atoms. The van der Waals surface area contributed by atoms with E-state index in [2.05, 4.69) is 31.3 Å². The van der Waals surface area contributed by atoms with Crippen LogP contribution in [0, 0.1) is 13.8 Å². The molecule has 1 aliphatic heterocycles. The van der Waals surface area contributed by atoms with Gasteiger partial charge >= 0.3 is 0 Å². The fraction of sp³-hybridized carbons (Fsp3) is 0.538. The normalized spacial score (nSPS) is 20.8. The summed E-state index contributed by atoms with van der Waals surface area (Å²) in [5, 5.41) is 3.56. The molecule has 1 aromatic carbocycles. The summed E-state index contributed by atoms with van der Waals surface area (Å²) in [5.41, 5.74) is 3.94. The van der Waals surface area contributed by atoms with Crippen LogP contribution in [0.5, 0.6) is 5.75 Å². The number of rotatable bonds is 2. The van der Waals surface area contributed by atoms with Gasteiger partial charge in [-0.2, -0.15) is 11.8 Å². The van der Waals surface area contributed by atoms with Gasteiger partial charge in [-0.05, 0) is 31.0 Å². The van der Waals surface area contributed by atoms with Crippen molar-refractivity contribution in [2.24, 2.45) is 0 Å². The largest absolute Gasteiger partial charge is 0.496 e. The first-order valence-corrected chi connectivity index (χ1v) is 6.84. The molecule has 1 heterocycles. The van der Waals surface area contributed by atoms with Crippen molar-refractivity contribution in [1.82, 2.24) is 5.32 Å². The van der Waals surface area contributed by atoms with Gasteiger partial charge in [0.2, 0.25) is 0 Å². The third-order valence-electron chi connectivity index (χ3n) is 3.14. The molecule has 1 unspecified atom stereocenters. The van der Waals surface area contributed by atoms with Crippen molar-refractivity contribution < 1.29 is 4.74 Å². The van der Waals surface area contributed by atoms with E-state index in [0.29, 0.717) is 6.04 Å². The van der Waals surface area contributed by atoms with Crippen LogP contribution in [0.3, 0.4) is 0 Å². The van der Waals surface area contributed by atoms with Gasteiger partial charge in [0, 0.05) is 29.7 Å². The van der Waals surface area contributed by atoms with Crippen LogP contribution in [-0.4, -0.2) is 25.2 Å². The van der Waals surface area contributed by atoms with Crippen LogP contribution in [0.15, 0.2) is 12.1 Å². The molecule has 0 aliphatic carbocycles. The van der Waals surface area contributed by atoms with Gasteiger partial charge in [0.15, 0.2) is 0 Å². The average molecular weight is 237 g/mol. The van der Waals surface area contributed by atoms with E-state index in [-0.39, 0.29) is 0 Å². The second-order valence-corrected chi connectivity index (χ2v) is 5.41. The third kappa shape index (κ3) is 2.36. The molecule has 1 atom stereocenters. The van der Waals surface area contributed by atoms with E-state index in [0.717, 1.165) is 18.0 Å². The third-order valence-corrected chi connectivity index (χ3v) is 4.20. The molecular formula is C13H19NOS. The van der Waals surface area contributed by atoms with Crippen LogP contribution < -0.4 is 10.1 Å². The summed E-state index contributed by atoms with van der Waals surface area (Å²) < 4.78 is 5.49. The van der Waals surface area contributed by atoms with E-state index in [1.165, 1.54) is 22.4 Å². The minimum Gasteiger partial charge on any atom is -0.496 e. The van der Waals surface area contributed by atoms with E-state index in [9.17, 15) is 0 Å². The fourth-order valence-electron chi connectivity index (χ4n) is 2.03. The smallest absolute Gasteiger partial charge is 0.123 e. The number of hydrogen-bond donors (Lipinski definition) is 1. The minimum absolute atomic E-state index is 0.438. The molecular weight excluding hydrogens is 218 g/mol. The topological polar surface area (TPSA) is 21.3 Å². The lowest BCUT2D eigenvalue weighted by Crippen LogP contribution is -2.30. The molecule has 1 saturated heterocycles. The van der Waals surface area contributed by atoms with Crippen molar-refractivity contribution in [3.05, 3.63) is 28.8 Å². The Morgan fingerprint density at radius 2 is 2.06 bits per heavy atom. The van der Waals surface area contributed by atoms with Crippen LogP contribution in [-0.2, 0) is 0 Å². The summed E-state index contributed by atoms with van der Waals surface area (Å²) >= 11 is 2.01. The summed E-state index contributed by atoms with van der Waals surface area (Å²) in [4.78, 5) is 0. The molecule has 0 aromatic heterocycles. The Labute approximate surface area is 102 Å². The van der Waals surface area contributed by atoms with Gasteiger partial charge < -0.3 is 10.1 Å². The fourth-order valence-corrected chi connectivity index (χ4v) is 2.99. The van der Waals surface area contributed by atoms with Crippen molar-refractivity contribution in [3.8, 4) is 5.75 Å². The Kier molecular flexibility index (Phi) is 3.77. The van der Waals surface area contributed by atoms with Gasteiger partial charge in [-0.25, -0.2) is 0 Å². The molecule has 1 aliphatic rings. The number of aryl methyl sites for hydroxylation is 2. The van der Waals surface area contributed by atoms with Gasteiger partial charge in [0.1, 0.15) is 5.75 Å². The van der Waals surface area contributed by atoms with E-state index in [1.807, 2.05) is 11.8 Å². The zero-order valence-corrected chi connectivity index (χ0v) is 11.0. The Balaban J connectivity index is 2.33. The monoisotopic (exact) mass is 237 g/mol. The van der Waals surface area contributed by atoms with E-state index in [4.69, 9.17) is 4.74 Å². The van der Waals surface area contributed by atoms with Crippen LogP contribution in [0.1, 0.15) is 22.7 Å². The van der Waals surface area contributed by atoms with Gasteiger partial charge in [0.05, 0.1) is 7.11 Å². The molecule has 0 spiro atoms. The Morgan fingerprint density at radius 1 is 1.31 bits per heavy atom. The molecule has 0 saturated carbocycles. The highest BCUT2D eigenvalue weighted by atomic mass is 32.2. The average Bonchev–Trinajstić information content (AvgIpc) is 2.33. The predicted molar refractivity (Wildman–Crippen MR) is 70.5 cm³/mol. The maximum absolute atomic E-state index is 5.49. The molecule has 0 radical (unpaired) electrons. The number of ether oxygens (including phenoxy) is 1. The van der Waals surface area contributed by atoms with Crippen molar-refractivity contribution in [2.75, 3.05) is 25.2 Å². The standard InChI is InChI=1S/C13H19NOS/c1-9-6-11(12-8-16-5-4-14-12)13(15-3)7-10(9)2/h6-7,12,14H,4-5,8H2,1-3H3. The maximum atomic E-state index is 5.49. The molecule has 88 valence electrons. The molecule has 1 aromatic rings. The second-order valence-electron chi connectivity index (χ2n) is 4.26. The zero-order chi connectivity index (χ0) is 11.5. The molecule has 1 N–H and O–H groups in total. The van der Waals surface area contributed by atoms with Crippen LogP contribution >= 0.6 is 11.8 Å². The van der Waals surface area contributed by atoms with Gasteiger partial charge in [-0.3, -0.25) is 0 Å². The van der Waals surface area contributed by atoms with Gasteiger partial charge in [-0.1, -0.05) is 6.07 Å². The second kappa shape index (κ2) is 5.11. The lowest BCUT2D eigenvalue weighted by Gasteiger charge is -2.25. The summed E-state index contributed by atoms with van der Waals surface area (Å²) in [6.07, 6.45) is 0. The molecule has 1 fully saturated rings. The highest BCUT2D eigenvalue weighted by molar-refractivity contribution is 7.99. The first-order valence-electron chi connectivity index (χ1n) is 5.68. The van der Waals surface area contributed by atoms with Crippen LogP contribution in [0.4, 0.5) is 0 Å². The van der Waals surface area contributed by atoms with Gasteiger partial charge in [-0.15, -0.1) is 0 Å². The van der Waals surface area contributed by atoms with Crippen molar-refractivity contribution in [3.63, 3.8) is 0 Å². The van der Waals surface area contributed by atoms with E-state index >= 15 is 0 Å². The van der Waals surface area contributed by atoms with Crippen LogP contribution in [0.2, 0.25) is 0 Å². The summed E-state index contributed by atoms with van der Waals surface area (Å²) in [7, 11) is 1.75. The number of methoxy groups -OCH3 is 1. The quantitative estimate of drug-likeness (QED) is 0.854. The number of nitrogens with one attached hydrogen (secondary N) is 1. The van der Waals surface area contributed by atoms with Crippen molar-refractivity contribution >= 4 is 11.8 Å². The summed E-state index contributed by atoms with van der Waals surface area (Å²) in [6.45, 7) is 5.38. The molecule has 3 heteroatoms. The lowest BCUT2D eigenvalue weighted by molar-refractivity contribution is 0.402. The number of thioether (sulfide) groups is 1. The maximum Gasteiger partial charge on any atom is 0.123 e. The molecule has 2 nitrogen and oxygen atoms in total. The SMILES string of the molecule is COc1cc(C)c(C)cc1C1CSCCN1. The van der Waals surface area contributed by atoms with Gasteiger partial charge in [0.25, 0.3) is 0 Å². The molecule has 0 amide bonds. The number of benzene rings is 1. The number of hydrogen-bond acceptors (Lipinski definition) is 3. The Hall–Kier alpha value is -0.670. The zero-order valence-electron chi connectivity index (χ0n) is 10.2. The molecule has 2 rings (SSSR count). The summed E-state index contributed by atoms with van der Waals surface area (Å²) in [6, 6.07) is 4.84. The minimum atomic E-state index is 0.438. The lowest BCUT2D eigenvalue weighted by atomic mass is 10.0. The first-order chi connectivity index (χ1) is 7.72. The highest BCUT2D eigenvalue weighted by Crippen LogP contribution is 2.31. The van der Waals surface area contributed by atoms with E-state index in [1.54, 1.807) is 7.11 Å². The van der Waals surface area contributed by atoms with Crippen LogP contribution in [0.25, 0.3) is 0 Å². The Morgan fingerprint density at radius 3 is 2.69 bits per heavy atom. The van der Waals surface area contributed by atoms with Crippen molar-refractivity contribution in [1.29, 1.82) is 0 Å². The van der Waals surface area contributed by atoms with E-state index < -0.39 is 0 Å². The first kappa shape index (κ1) is 11.8. The van der Waals surface area contributed by atoms with Crippen molar-refractivity contribution in [2.45, 2.75) is 19.9 Å². The predicted octanol–water partition coefficient (Wildman–Crippen LogP) is 2.69. The summed E-state index contributed by atoms with van der Waals surface area (Å²) in [5.74, 6) is 3.37.